The van der Waals surface area contributed by atoms with Crippen LogP contribution in [0.25, 0.3) is 0 Å². The Bertz CT molecular complexity index is 871. The van der Waals surface area contributed by atoms with Crippen molar-refractivity contribution in [1.29, 1.82) is 0 Å². The fraction of sp³-hybridized carbons (Fsp3) is 0.333. The second-order valence-electron chi connectivity index (χ2n) is 6.32. The third-order valence-electron chi connectivity index (χ3n) is 4.48. The van der Waals surface area contributed by atoms with Crippen LogP contribution in [0.15, 0.2) is 35.7 Å². The number of rotatable bonds is 5. The van der Waals surface area contributed by atoms with Crippen LogP contribution in [0.1, 0.15) is 12.8 Å². The molecule has 0 bridgehead atoms. The van der Waals surface area contributed by atoms with E-state index in [-0.39, 0.29) is 29.3 Å². The summed E-state index contributed by atoms with van der Waals surface area (Å²) in [5.41, 5.74) is 0.238. The molecule has 9 nitrogen and oxygen atoms in total. The van der Waals surface area contributed by atoms with E-state index < -0.39 is 4.92 Å². The van der Waals surface area contributed by atoms with Gasteiger partial charge in [-0.2, -0.15) is 0 Å². The van der Waals surface area contributed by atoms with Crippen molar-refractivity contribution in [2.75, 3.05) is 30.8 Å². The highest BCUT2D eigenvalue weighted by molar-refractivity contribution is 7.14. The van der Waals surface area contributed by atoms with Crippen LogP contribution in [0, 0.1) is 16.0 Å². The van der Waals surface area contributed by atoms with Gasteiger partial charge in [0.05, 0.1) is 34.7 Å². The van der Waals surface area contributed by atoms with Gasteiger partial charge in [-0.15, -0.1) is 11.3 Å². The van der Waals surface area contributed by atoms with Crippen LogP contribution < -0.4 is 15.4 Å². The first-order chi connectivity index (χ1) is 13.5. The zero-order valence-electron chi connectivity index (χ0n) is 15.2. The summed E-state index contributed by atoms with van der Waals surface area (Å²) in [4.78, 5) is 37.1. The molecular formula is C18H20N4O5S. The number of ether oxygens (including phenoxy) is 1. The molecule has 3 rings (SSSR count). The third kappa shape index (κ3) is 4.58. The van der Waals surface area contributed by atoms with Gasteiger partial charge in [-0.1, -0.05) is 0 Å². The fourth-order valence-corrected chi connectivity index (χ4v) is 3.65. The maximum absolute atomic E-state index is 12.7. The Kier molecular flexibility index (Phi) is 6.09. The van der Waals surface area contributed by atoms with E-state index in [4.69, 9.17) is 4.74 Å². The van der Waals surface area contributed by atoms with Crippen molar-refractivity contribution in [2.24, 2.45) is 5.92 Å². The van der Waals surface area contributed by atoms with Gasteiger partial charge in [-0.25, -0.2) is 4.79 Å². The smallest absolute Gasteiger partial charge is 0.322 e. The highest BCUT2D eigenvalue weighted by Gasteiger charge is 2.29. The van der Waals surface area contributed by atoms with Crippen molar-refractivity contribution >= 4 is 39.7 Å². The first-order valence-corrected chi connectivity index (χ1v) is 9.58. The molecule has 0 saturated carbocycles. The van der Waals surface area contributed by atoms with Crippen LogP contribution in [-0.4, -0.2) is 42.0 Å². The number of methoxy groups -OCH3 is 1. The monoisotopic (exact) mass is 404 g/mol. The molecule has 0 aliphatic carbocycles. The lowest BCUT2D eigenvalue weighted by atomic mass is 9.97. The standard InChI is InChI=1S/C18H20N4O5S/c1-27-15-10-13(22(25)26)6-7-14(15)19-17(23)12-4-2-8-21(11-12)18(24)20-16-5-3-9-28-16/h3,5-7,9-10,12H,2,4,8,11H2,1H3,(H,19,23)(H,20,24). The first-order valence-electron chi connectivity index (χ1n) is 8.70. The van der Waals surface area contributed by atoms with Crippen molar-refractivity contribution in [2.45, 2.75) is 12.8 Å². The van der Waals surface area contributed by atoms with E-state index >= 15 is 0 Å². The van der Waals surface area contributed by atoms with Gasteiger partial charge in [0.1, 0.15) is 5.75 Å². The summed E-state index contributed by atoms with van der Waals surface area (Å²) in [6.45, 7) is 0.889. The molecule has 10 heteroatoms. The number of anilines is 2. The van der Waals surface area contributed by atoms with Crippen molar-refractivity contribution in [1.82, 2.24) is 4.90 Å². The van der Waals surface area contributed by atoms with E-state index in [0.717, 1.165) is 5.00 Å². The number of hydrogen-bond acceptors (Lipinski definition) is 6. The third-order valence-corrected chi connectivity index (χ3v) is 5.27. The molecule has 2 N–H and O–H groups in total. The minimum Gasteiger partial charge on any atom is -0.494 e. The van der Waals surface area contributed by atoms with E-state index in [1.54, 1.807) is 4.90 Å². The maximum atomic E-state index is 12.7. The lowest BCUT2D eigenvalue weighted by molar-refractivity contribution is -0.384. The summed E-state index contributed by atoms with van der Waals surface area (Å²) < 4.78 is 5.15. The van der Waals surface area contributed by atoms with Gasteiger partial charge >= 0.3 is 6.03 Å². The number of likely N-dealkylation sites (tertiary alicyclic amines) is 1. The molecule has 148 valence electrons. The number of nitro groups is 1. The summed E-state index contributed by atoms with van der Waals surface area (Å²) in [6.07, 6.45) is 1.37. The van der Waals surface area contributed by atoms with Gasteiger partial charge in [-0.3, -0.25) is 20.2 Å². The summed E-state index contributed by atoms with van der Waals surface area (Å²) in [5.74, 6) is -0.408. The van der Waals surface area contributed by atoms with Crippen molar-refractivity contribution < 1.29 is 19.2 Å². The topological polar surface area (TPSA) is 114 Å². The minimum atomic E-state index is -0.528. The van der Waals surface area contributed by atoms with E-state index in [1.807, 2.05) is 17.5 Å². The zero-order valence-corrected chi connectivity index (χ0v) is 16.0. The van der Waals surface area contributed by atoms with E-state index in [9.17, 15) is 19.7 Å². The Morgan fingerprint density at radius 2 is 2.14 bits per heavy atom. The Balaban J connectivity index is 1.64. The molecule has 1 aromatic carbocycles. The largest absolute Gasteiger partial charge is 0.494 e. The van der Waals surface area contributed by atoms with Gasteiger partial charge < -0.3 is 15.0 Å². The van der Waals surface area contributed by atoms with Gasteiger partial charge in [0.25, 0.3) is 5.69 Å². The van der Waals surface area contributed by atoms with Gasteiger partial charge in [-0.05, 0) is 36.4 Å². The van der Waals surface area contributed by atoms with Crippen molar-refractivity contribution in [3.05, 3.63) is 45.8 Å². The molecule has 0 radical (unpaired) electrons. The van der Waals surface area contributed by atoms with Gasteiger partial charge in [0.15, 0.2) is 0 Å². The molecule has 1 saturated heterocycles. The molecule has 1 atom stereocenters. The number of thiophene rings is 1. The number of amides is 3. The van der Waals surface area contributed by atoms with Crippen molar-refractivity contribution in [3.63, 3.8) is 0 Å². The number of non-ortho nitro benzene ring substituents is 1. The van der Waals surface area contributed by atoms with Crippen molar-refractivity contribution in [3.8, 4) is 5.75 Å². The molecule has 1 aromatic heterocycles. The average Bonchev–Trinajstić information content (AvgIpc) is 3.21. The SMILES string of the molecule is COc1cc([N+](=O)[O-])ccc1NC(=O)C1CCCN(C(=O)Nc2cccs2)C1. The Morgan fingerprint density at radius 1 is 1.32 bits per heavy atom. The summed E-state index contributed by atoms with van der Waals surface area (Å²) in [7, 11) is 1.38. The number of carbonyl (C=O) groups is 2. The number of nitrogens with one attached hydrogen (secondary N) is 2. The van der Waals surface area contributed by atoms with Gasteiger partial charge in [0, 0.05) is 19.2 Å². The van der Waals surface area contributed by atoms with Crippen LogP contribution in [0.2, 0.25) is 0 Å². The molecule has 0 spiro atoms. The second kappa shape index (κ2) is 8.70. The Morgan fingerprint density at radius 3 is 2.82 bits per heavy atom. The van der Waals surface area contributed by atoms with Crippen LogP contribution >= 0.6 is 11.3 Å². The molecule has 1 unspecified atom stereocenters. The molecule has 2 aromatic rings. The summed E-state index contributed by atoms with van der Waals surface area (Å²) >= 11 is 1.43. The first kappa shape index (κ1) is 19.6. The predicted molar refractivity (Wildman–Crippen MR) is 106 cm³/mol. The van der Waals surface area contributed by atoms with E-state index in [0.29, 0.717) is 31.6 Å². The number of nitrogens with zero attached hydrogens (tertiary/aromatic N) is 2. The van der Waals surface area contributed by atoms with Crippen LogP contribution in [0.5, 0.6) is 5.75 Å². The zero-order chi connectivity index (χ0) is 20.1. The summed E-state index contributed by atoms with van der Waals surface area (Å²) in [6, 6.07) is 7.45. The molecule has 2 heterocycles. The molecule has 1 fully saturated rings. The van der Waals surface area contributed by atoms with Crippen LogP contribution in [0.3, 0.4) is 0 Å². The van der Waals surface area contributed by atoms with E-state index in [2.05, 4.69) is 10.6 Å². The highest BCUT2D eigenvalue weighted by atomic mass is 32.1. The second-order valence-corrected chi connectivity index (χ2v) is 7.27. The number of urea groups is 1. The van der Waals surface area contributed by atoms with Crippen LogP contribution in [0.4, 0.5) is 21.2 Å². The molecule has 3 amide bonds. The number of benzene rings is 1. The number of hydrogen-bond donors (Lipinski definition) is 2. The Labute approximate surface area is 165 Å². The number of nitro benzene ring substituents is 1. The fourth-order valence-electron chi connectivity index (χ4n) is 3.04. The number of piperidine rings is 1. The lowest BCUT2D eigenvalue weighted by Crippen LogP contribution is -2.45. The van der Waals surface area contributed by atoms with Gasteiger partial charge in [0.2, 0.25) is 5.91 Å². The number of carbonyl (C=O) groups excluding carboxylic acids is 2. The minimum absolute atomic E-state index is 0.121. The van der Waals surface area contributed by atoms with Crippen LogP contribution in [-0.2, 0) is 4.79 Å². The quantitative estimate of drug-likeness (QED) is 0.584. The Hall–Kier alpha value is -3.14. The average molecular weight is 404 g/mol. The molecular weight excluding hydrogens is 384 g/mol. The lowest BCUT2D eigenvalue weighted by Gasteiger charge is -2.32. The molecule has 28 heavy (non-hydrogen) atoms. The summed E-state index contributed by atoms with van der Waals surface area (Å²) in [5, 5.41) is 19.1. The molecule has 1 aliphatic heterocycles. The normalized spacial score (nSPS) is 16.3. The predicted octanol–water partition coefficient (Wildman–Crippen LogP) is 3.55. The molecule has 1 aliphatic rings. The van der Waals surface area contributed by atoms with E-state index in [1.165, 1.54) is 36.6 Å². The highest BCUT2D eigenvalue weighted by Crippen LogP contribution is 2.30. The maximum Gasteiger partial charge on any atom is 0.322 e.